The lowest BCUT2D eigenvalue weighted by molar-refractivity contribution is 0.0910. The van der Waals surface area contributed by atoms with Crippen LogP contribution in [0.3, 0.4) is 0 Å². The maximum absolute atomic E-state index is 11.8. The molecule has 0 radical (unpaired) electrons. The highest BCUT2D eigenvalue weighted by molar-refractivity contribution is 7.17. The van der Waals surface area contributed by atoms with Gasteiger partial charge in [0, 0.05) is 0 Å². The van der Waals surface area contributed by atoms with Gasteiger partial charge in [0.05, 0.1) is 11.2 Å². The normalized spacial score (nSPS) is 22.8. The van der Waals surface area contributed by atoms with Gasteiger partial charge in [-0.05, 0) is 12.8 Å². The Morgan fingerprint density at radius 3 is 2.80 bits per heavy atom. The van der Waals surface area contributed by atoms with E-state index in [1.54, 1.807) is 0 Å². The van der Waals surface area contributed by atoms with E-state index in [0.717, 1.165) is 36.3 Å². The predicted octanol–water partition coefficient (Wildman–Crippen LogP) is 1.63. The fourth-order valence-corrected chi connectivity index (χ4v) is 3.49. The number of amides is 1. The highest BCUT2D eigenvalue weighted by Crippen LogP contribution is 2.44. The second kappa shape index (κ2) is 2.95. The smallest absolute Gasteiger partial charge is 0.264 e. The minimum absolute atomic E-state index is 0.0149. The van der Waals surface area contributed by atoms with Gasteiger partial charge in [0.25, 0.3) is 5.91 Å². The molecule has 1 amide bonds. The molecule has 4 nitrogen and oxygen atoms in total. The van der Waals surface area contributed by atoms with Crippen molar-refractivity contribution in [2.45, 2.75) is 37.6 Å². The zero-order valence-corrected chi connectivity index (χ0v) is 9.19. The number of hydrogen-bond acceptors (Lipinski definition) is 4. The van der Waals surface area contributed by atoms with Crippen molar-refractivity contribution in [3.63, 3.8) is 0 Å². The van der Waals surface area contributed by atoms with Crippen molar-refractivity contribution >= 4 is 22.4 Å². The van der Waals surface area contributed by atoms with Gasteiger partial charge >= 0.3 is 0 Å². The molecular formula is C10H13N3OS. The minimum atomic E-state index is -0.182. The first kappa shape index (κ1) is 9.15. The minimum Gasteiger partial charge on any atom is -0.375 e. The Morgan fingerprint density at radius 1 is 1.33 bits per heavy atom. The van der Waals surface area contributed by atoms with E-state index in [4.69, 9.17) is 5.73 Å². The van der Waals surface area contributed by atoms with Crippen molar-refractivity contribution in [3.8, 4) is 0 Å². The fraction of sp³-hybridized carbons (Fsp3) is 0.600. The highest BCUT2D eigenvalue weighted by Gasteiger charge is 2.46. The molecule has 1 spiro atoms. The Morgan fingerprint density at radius 2 is 2.07 bits per heavy atom. The van der Waals surface area contributed by atoms with Crippen LogP contribution in [-0.2, 0) is 5.54 Å². The number of hydrogen-bond donors (Lipinski definition) is 2. The monoisotopic (exact) mass is 223 g/mol. The molecule has 3 rings (SSSR count). The quantitative estimate of drug-likeness (QED) is 0.702. The van der Waals surface area contributed by atoms with Crippen molar-refractivity contribution < 1.29 is 4.79 Å². The van der Waals surface area contributed by atoms with Gasteiger partial charge in [-0.3, -0.25) is 4.79 Å². The summed E-state index contributed by atoms with van der Waals surface area (Å²) in [6, 6.07) is 0. The van der Waals surface area contributed by atoms with Crippen molar-refractivity contribution in [2.24, 2.45) is 0 Å². The van der Waals surface area contributed by atoms with Crippen LogP contribution in [0.4, 0.5) is 5.13 Å². The Labute approximate surface area is 91.9 Å². The summed E-state index contributed by atoms with van der Waals surface area (Å²) < 4.78 is 0. The van der Waals surface area contributed by atoms with E-state index in [1.165, 1.54) is 17.8 Å². The van der Waals surface area contributed by atoms with Crippen LogP contribution in [0.5, 0.6) is 0 Å². The van der Waals surface area contributed by atoms with Crippen molar-refractivity contribution in [1.29, 1.82) is 0 Å². The average Bonchev–Trinajstić information content (AvgIpc) is 2.70. The number of thiazole rings is 1. The predicted molar refractivity (Wildman–Crippen MR) is 58.8 cm³/mol. The number of carbonyl (C=O) groups is 1. The number of nitrogens with two attached hydrogens (primary N) is 1. The molecule has 1 aromatic heterocycles. The van der Waals surface area contributed by atoms with Gasteiger partial charge < -0.3 is 11.1 Å². The average molecular weight is 223 g/mol. The number of nitrogen functional groups attached to an aromatic ring is 1. The summed E-state index contributed by atoms with van der Waals surface area (Å²) in [6.07, 6.45) is 5.60. The van der Waals surface area contributed by atoms with Gasteiger partial charge in [-0.25, -0.2) is 4.98 Å². The van der Waals surface area contributed by atoms with E-state index in [0.29, 0.717) is 5.13 Å². The van der Waals surface area contributed by atoms with Crippen molar-refractivity contribution in [3.05, 3.63) is 10.6 Å². The molecule has 1 saturated carbocycles. The molecule has 1 aromatic rings. The summed E-state index contributed by atoms with van der Waals surface area (Å²) in [5.41, 5.74) is 6.40. The van der Waals surface area contributed by atoms with Gasteiger partial charge in [0.1, 0.15) is 4.88 Å². The summed E-state index contributed by atoms with van der Waals surface area (Å²) in [4.78, 5) is 16.8. The number of carbonyl (C=O) groups excluding carboxylic acids is 1. The lowest BCUT2D eigenvalue weighted by Gasteiger charge is -2.32. The molecule has 1 aliphatic carbocycles. The molecule has 1 fully saturated rings. The summed E-state index contributed by atoms with van der Waals surface area (Å²) in [5, 5.41) is 3.61. The lowest BCUT2D eigenvalue weighted by atomic mass is 9.81. The second-order valence-electron chi connectivity index (χ2n) is 4.33. The summed E-state index contributed by atoms with van der Waals surface area (Å²) in [7, 11) is 0. The number of aromatic nitrogens is 1. The van der Waals surface area contributed by atoms with E-state index < -0.39 is 0 Å². The van der Waals surface area contributed by atoms with Crippen molar-refractivity contribution in [1.82, 2.24) is 10.3 Å². The summed E-state index contributed by atoms with van der Waals surface area (Å²) in [6.45, 7) is 0. The third kappa shape index (κ3) is 1.19. The van der Waals surface area contributed by atoms with Crippen LogP contribution in [0.25, 0.3) is 0 Å². The zero-order chi connectivity index (χ0) is 10.5. The third-order valence-corrected chi connectivity index (χ3v) is 4.25. The number of rotatable bonds is 0. The number of anilines is 1. The van der Waals surface area contributed by atoms with Gasteiger partial charge in [0.15, 0.2) is 5.13 Å². The van der Waals surface area contributed by atoms with E-state index in [2.05, 4.69) is 10.3 Å². The molecule has 0 atom stereocenters. The zero-order valence-electron chi connectivity index (χ0n) is 8.38. The van der Waals surface area contributed by atoms with Gasteiger partial charge in [-0.1, -0.05) is 30.6 Å². The Bertz CT molecular complexity index is 420. The number of nitrogens with zero attached hydrogens (tertiary/aromatic N) is 1. The van der Waals surface area contributed by atoms with Crippen LogP contribution in [0.15, 0.2) is 0 Å². The first-order valence-corrected chi connectivity index (χ1v) is 6.12. The van der Waals surface area contributed by atoms with E-state index in [9.17, 15) is 4.79 Å². The number of fused-ring (bicyclic) bond motifs is 2. The molecule has 0 bridgehead atoms. The van der Waals surface area contributed by atoms with Gasteiger partial charge in [0.2, 0.25) is 0 Å². The van der Waals surface area contributed by atoms with Crippen LogP contribution in [0.1, 0.15) is 47.5 Å². The Kier molecular flexibility index (Phi) is 1.80. The highest BCUT2D eigenvalue weighted by atomic mass is 32.1. The summed E-state index contributed by atoms with van der Waals surface area (Å²) >= 11 is 1.31. The van der Waals surface area contributed by atoms with Crippen LogP contribution in [-0.4, -0.2) is 10.9 Å². The summed E-state index contributed by atoms with van der Waals surface area (Å²) in [5.74, 6) is 0.0149. The Balaban J connectivity index is 2.09. The molecule has 2 heterocycles. The molecular weight excluding hydrogens is 210 g/mol. The fourth-order valence-electron chi connectivity index (χ4n) is 2.67. The van der Waals surface area contributed by atoms with E-state index in [-0.39, 0.29) is 11.4 Å². The Hall–Kier alpha value is -1.10. The van der Waals surface area contributed by atoms with Crippen molar-refractivity contribution in [2.75, 3.05) is 5.73 Å². The lowest BCUT2D eigenvalue weighted by Crippen LogP contribution is -2.41. The molecule has 5 heteroatoms. The van der Waals surface area contributed by atoms with E-state index >= 15 is 0 Å². The van der Waals surface area contributed by atoms with Crippen LogP contribution >= 0.6 is 11.3 Å². The molecule has 1 aliphatic heterocycles. The maximum Gasteiger partial charge on any atom is 0.264 e. The molecule has 0 saturated heterocycles. The van der Waals surface area contributed by atoms with Crippen LogP contribution < -0.4 is 11.1 Å². The standard InChI is InChI=1S/C10H13N3OS/c11-9-12-7-6(15-9)8(14)13-10(7)4-2-1-3-5-10/h1-5H2,(H2,11,12)(H,13,14). The maximum atomic E-state index is 11.8. The van der Waals surface area contributed by atoms with Gasteiger partial charge in [-0.2, -0.15) is 0 Å². The van der Waals surface area contributed by atoms with Crippen LogP contribution in [0, 0.1) is 0 Å². The molecule has 15 heavy (non-hydrogen) atoms. The molecule has 3 N–H and O–H groups in total. The SMILES string of the molecule is Nc1nc2c(s1)C(=O)NC21CCCCC1. The first-order valence-electron chi connectivity index (χ1n) is 5.31. The topological polar surface area (TPSA) is 68.0 Å². The molecule has 0 aromatic carbocycles. The molecule has 0 unspecified atom stereocenters. The van der Waals surface area contributed by atoms with Crippen LogP contribution in [0.2, 0.25) is 0 Å². The molecule has 2 aliphatic rings. The van der Waals surface area contributed by atoms with E-state index in [1.807, 2.05) is 0 Å². The third-order valence-electron chi connectivity index (χ3n) is 3.36. The first-order chi connectivity index (χ1) is 7.21. The molecule has 80 valence electrons. The van der Waals surface area contributed by atoms with Gasteiger partial charge in [-0.15, -0.1) is 0 Å². The number of nitrogens with one attached hydrogen (secondary N) is 1. The second-order valence-corrected chi connectivity index (χ2v) is 5.36. The largest absolute Gasteiger partial charge is 0.375 e.